The van der Waals surface area contributed by atoms with Crippen molar-refractivity contribution < 1.29 is 38.1 Å². The average Bonchev–Trinajstić information content (AvgIpc) is 3.44. The van der Waals surface area contributed by atoms with Crippen LogP contribution in [0, 0.1) is 5.92 Å². The summed E-state index contributed by atoms with van der Waals surface area (Å²) in [5.41, 5.74) is 5.99. The number of carbonyl (C=O) groups excluding carboxylic acids is 3. The first-order valence-electron chi connectivity index (χ1n) is 10.6. The molecule has 0 bridgehead atoms. The Labute approximate surface area is 197 Å². The van der Waals surface area contributed by atoms with Gasteiger partial charge in [0.05, 0.1) is 6.61 Å². The second-order valence-electron chi connectivity index (χ2n) is 8.05. The minimum absolute atomic E-state index is 0.116. The molecule has 4 rings (SSSR count). The molecule has 0 aromatic carbocycles. The molecule has 2 fully saturated rings. The van der Waals surface area contributed by atoms with Crippen LogP contribution in [0.15, 0.2) is 4.79 Å². The van der Waals surface area contributed by atoms with Crippen LogP contribution < -0.4 is 15.3 Å². The lowest BCUT2D eigenvalue weighted by Crippen LogP contribution is -2.41. The van der Waals surface area contributed by atoms with E-state index in [0.717, 1.165) is 28.7 Å². The van der Waals surface area contributed by atoms with Crippen LogP contribution in [0.25, 0.3) is 10.3 Å². The molecular formula is C20H24N4O9S. The van der Waals surface area contributed by atoms with E-state index in [9.17, 15) is 19.2 Å². The maximum absolute atomic E-state index is 13.1. The highest BCUT2D eigenvalue weighted by Gasteiger charge is 2.51. The number of hydrogen-bond donors (Lipinski definition) is 1. The van der Waals surface area contributed by atoms with Crippen molar-refractivity contribution in [3.05, 3.63) is 9.67 Å². The maximum Gasteiger partial charge on any atom is 0.311 e. The highest BCUT2D eigenvalue weighted by atomic mass is 32.1. The maximum atomic E-state index is 13.1. The number of nitrogens with zero attached hydrogens (tertiary/aromatic N) is 3. The van der Waals surface area contributed by atoms with Crippen LogP contribution >= 0.6 is 11.3 Å². The number of aromatic nitrogens is 3. The number of nitrogen functional groups attached to an aromatic ring is 1. The predicted octanol–water partition coefficient (Wildman–Crippen LogP) is 0.548. The van der Waals surface area contributed by atoms with E-state index in [1.807, 2.05) is 0 Å². The second-order valence-corrected chi connectivity index (χ2v) is 9.01. The Hall–Kier alpha value is -3.26. The molecule has 1 saturated heterocycles. The van der Waals surface area contributed by atoms with Crippen LogP contribution in [-0.2, 0) is 33.3 Å². The summed E-state index contributed by atoms with van der Waals surface area (Å²) in [4.78, 5) is 55.9. The quantitative estimate of drug-likeness (QED) is 0.398. The zero-order valence-corrected chi connectivity index (χ0v) is 19.5. The van der Waals surface area contributed by atoms with Crippen molar-refractivity contribution >= 4 is 45.5 Å². The van der Waals surface area contributed by atoms with Crippen molar-refractivity contribution in [1.29, 1.82) is 0 Å². The van der Waals surface area contributed by atoms with Crippen molar-refractivity contribution in [2.45, 2.75) is 58.2 Å². The summed E-state index contributed by atoms with van der Waals surface area (Å²) in [5.74, 6) is -1.48. The monoisotopic (exact) mass is 496 g/mol. The average molecular weight is 496 g/mol. The largest absolute Gasteiger partial charge is 0.476 e. The van der Waals surface area contributed by atoms with Gasteiger partial charge in [-0.05, 0) is 18.8 Å². The molecule has 3 heterocycles. The number of fused-ring (bicyclic) bond motifs is 1. The molecule has 14 heteroatoms. The number of rotatable bonds is 8. The highest BCUT2D eigenvalue weighted by molar-refractivity contribution is 7.16. The van der Waals surface area contributed by atoms with Crippen molar-refractivity contribution in [2.75, 3.05) is 18.9 Å². The molecule has 1 saturated carbocycles. The zero-order chi connectivity index (χ0) is 24.6. The lowest BCUT2D eigenvalue weighted by atomic mass is 10.1. The first-order chi connectivity index (χ1) is 16.1. The molecular weight excluding hydrogens is 472 g/mol. The summed E-state index contributed by atoms with van der Waals surface area (Å²) in [7, 11) is 0. The molecule has 0 spiro atoms. The number of esters is 3. The molecule has 0 unspecified atom stereocenters. The van der Waals surface area contributed by atoms with Crippen LogP contribution in [0.3, 0.4) is 0 Å². The fourth-order valence-electron chi connectivity index (χ4n) is 3.61. The summed E-state index contributed by atoms with van der Waals surface area (Å²) in [6.07, 6.45) is -2.54. The molecule has 2 N–H and O–H groups in total. The first kappa shape index (κ1) is 23.9. The summed E-state index contributed by atoms with van der Waals surface area (Å²) in [6.45, 7) is 3.68. The molecule has 2 aliphatic rings. The lowest BCUT2D eigenvalue weighted by molar-refractivity contribution is -0.166. The Bertz CT molecular complexity index is 1170. The van der Waals surface area contributed by atoms with Crippen LogP contribution in [0.2, 0.25) is 0 Å². The third kappa shape index (κ3) is 5.12. The van der Waals surface area contributed by atoms with E-state index in [1.165, 1.54) is 20.8 Å². The smallest absolute Gasteiger partial charge is 0.311 e. The molecule has 4 atom stereocenters. The minimum Gasteiger partial charge on any atom is -0.476 e. The van der Waals surface area contributed by atoms with Gasteiger partial charge in [0.25, 0.3) is 0 Å². The van der Waals surface area contributed by atoms with Gasteiger partial charge in [-0.25, -0.2) is 0 Å². The van der Waals surface area contributed by atoms with Gasteiger partial charge in [0, 0.05) is 20.8 Å². The van der Waals surface area contributed by atoms with Crippen molar-refractivity contribution in [3.63, 3.8) is 0 Å². The van der Waals surface area contributed by atoms with Gasteiger partial charge in [-0.15, -0.1) is 0 Å². The molecule has 1 aliphatic carbocycles. The van der Waals surface area contributed by atoms with E-state index < -0.39 is 47.3 Å². The van der Waals surface area contributed by atoms with E-state index >= 15 is 0 Å². The molecule has 1 aliphatic heterocycles. The van der Waals surface area contributed by atoms with Gasteiger partial charge in [0.15, 0.2) is 24.1 Å². The summed E-state index contributed by atoms with van der Waals surface area (Å²) in [5, 5.41) is 0. The topological polar surface area (TPSA) is 171 Å². The molecule has 184 valence electrons. The van der Waals surface area contributed by atoms with E-state index in [2.05, 4.69) is 9.97 Å². The summed E-state index contributed by atoms with van der Waals surface area (Å²) < 4.78 is 29.0. The van der Waals surface area contributed by atoms with E-state index in [4.69, 9.17) is 29.4 Å². The second kappa shape index (κ2) is 9.54. The number of ether oxygens (including phenoxy) is 5. The fraction of sp³-hybridized carbons (Fsp3) is 0.600. The standard InChI is InChI=1S/C20H24N4O9S/c1-8(25)29-7-12-13(31-9(2)26)14(32-10(3)27)18(33-12)24-16-15(34-20(24)28)17(23-19(21)22-16)30-6-11-4-5-11/h11-14,18H,4-7H2,1-3H3,(H2,21,22,23)/t12-,13-,14-,18-/m1/s1. The van der Waals surface area contributed by atoms with Gasteiger partial charge in [-0.3, -0.25) is 23.7 Å². The van der Waals surface area contributed by atoms with Crippen molar-refractivity contribution in [1.82, 2.24) is 14.5 Å². The first-order valence-corrected chi connectivity index (χ1v) is 11.4. The van der Waals surface area contributed by atoms with Crippen LogP contribution in [0.1, 0.15) is 39.8 Å². The number of carbonyl (C=O) groups is 3. The van der Waals surface area contributed by atoms with Crippen LogP contribution in [-0.4, -0.2) is 64.0 Å². The van der Waals surface area contributed by atoms with Crippen LogP contribution in [0.5, 0.6) is 5.88 Å². The van der Waals surface area contributed by atoms with E-state index in [0.29, 0.717) is 17.2 Å². The number of hydrogen-bond acceptors (Lipinski definition) is 13. The molecule has 0 amide bonds. The Morgan fingerprint density at radius 3 is 2.35 bits per heavy atom. The number of nitrogens with two attached hydrogens (primary N) is 1. The normalized spacial score (nSPS) is 24.1. The molecule has 2 aromatic rings. The highest BCUT2D eigenvalue weighted by Crippen LogP contribution is 2.38. The molecule has 2 aromatic heterocycles. The Balaban J connectivity index is 1.76. The van der Waals surface area contributed by atoms with Crippen molar-refractivity contribution in [3.8, 4) is 5.88 Å². The minimum atomic E-state index is -1.25. The van der Waals surface area contributed by atoms with E-state index in [1.54, 1.807) is 0 Å². The Morgan fingerprint density at radius 1 is 1.06 bits per heavy atom. The SMILES string of the molecule is CC(=O)OC[C@H]1O[C@@H](n2c(=O)sc3c(OCC4CC4)nc(N)nc32)[C@H](OC(C)=O)[C@@H]1OC(C)=O. The zero-order valence-electron chi connectivity index (χ0n) is 18.7. The Morgan fingerprint density at radius 2 is 1.74 bits per heavy atom. The fourth-order valence-corrected chi connectivity index (χ4v) is 4.50. The van der Waals surface area contributed by atoms with Crippen LogP contribution in [0.4, 0.5) is 5.95 Å². The van der Waals surface area contributed by atoms with Gasteiger partial charge < -0.3 is 29.4 Å². The number of thiazole rings is 1. The lowest BCUT2D eigenvalue weighted by Gasteiger charge is -2.23. The Kier molecular flexibility index (Phi) is 6.70. The third-order valence-corrected chi connectivity index (χ3v) is 6.13. The number of anilines is 1. The van der Waals surface area contributed by atoms with Crippen molar-refractivity contribution in [2.24, 2.45) is 5.92 Å². The molecule has 34 heavy (non-hydrogen) atoms. The van der Waals surface area contributed by atoms with Gasteiger partial charge in [-0.1, -0.05) is 11.3 Å². The van der Waals surface area contributed by atoms with Gasteiger partial charge >= 0.3 is 22.8 Å². The van der Waals surface area contributed by atoms with E-state index in [-0.39, 0.29) is 24.1 Å². The van der Waals surface area contributed by atoms with Gasteiger partial charge in [0.2, 0.25) is 11.8 Å². The molecule has 13 nitrogen and oxygen atoms in total. The molecule has 0 radical (unpaired) electrons. The predicted molar refractivity (Wildman–Crippen MR) is 116 cm³/mol. The van der Waals surface area contributed by atoms with Gasteiger partial charge in [-0.2, -0.15) is 9.97 Å². The summed E-state index contributed by atoms with van der Waals surface area (Å²) >= 11 is 0.817. The third-order valence-electron chi connectivity index (χ3n) is 5.20. The van der Waals surface area contributed by atoms with Gasteiger partial charge in [0.1, 0.15) is 17.4 Å². The summed E-state index contributed by atoms with van der Waals surface area (Å²) in [6, 6.07) is 0.